The third-order valence-corrected chi connectivity index (χ3v) is 1.53. The van der Waals surface area contributed by atoms with Crippen LogP contribution in [0.15, 0.2) is 23.0 Å². The minimum Gasteiger partial charge on any atom is -0.325 e. The lowest BCUT2D eigenvalue weighted by Gasteiger charge is -2.06. The van der Waals surface area contributed by atoms with Crippen molar-refractivity contribution in [3.63, 3.8) is 0 Å². The molecular weight excluding hydrogens is 152 g/mol. The van der Waals surface area contributed by atoms with Gasteiger partial charge in [0.2, 0.25) is 5.56 Å². The fraction of sp³-hybridized carbons (Fsp3) is 0.444. The second-order valence-corrected chi connectivity index (χ2v) is 3.08. The molecule has 0 fully saturated rings. The summed E-state index contributed by atoms with van der Waals surface area (Å²) in [6.07, 6.45) is 0. The first-order valence-electron chi connectivity index (χ1n) is 4.10. The zero-order valence-corrected chi connectivity index (χ0v) is 7.42. The monoisotopic (exact) mass is 166 g/mol. The highest BCUT2D eigenvalue weighted by Gasteiger charge is 1.94. The number of pyridine rings is 1. The molecule has 0 aliphatic carbocycles. The van der Waals surface area contributed by atoms with Gasteiger partial charge in [-0.2, -0.15) is 0 Å². The summed E-state index contributed by atoms with van der Waals surface area (Å²) in [5, 5.41) is 3.22. The van der Waals surface area contributed by atoms with Gasteiger partial charge in [0.25, 0.3) is 0 Å². The van der Waals surface area contributed by atoms with Gasteiger partial charge in [0.15, 0.2) is 0 Å². The van der Waals surface area contributed by atoms with E-state index in [9.17, 15) is 4.79 Å². The van der Waals surface area contributed by atoms with Gasteiger partial charge in [0, 0.05) is 24.3 Å². The van der Waals surface area contributed by atoms with Gasteiger partial charge in [-0.3, -0.25) is 4.79 Å². The summed E-state index contributed by atoms with van der Waals surface area (Å²) in [6, 6.07) is 5.61. The van der Waals surface area contributed by atoms with Crippen molar-refractivity contribution >= 4 is 0 Å². The third-order valence-electron chi connectivity index (χ3n) is 1.53. The molecule has 0 saturated carbocycles. The van der Waals surface area contributed by atoms with Gasteiger partial charge in [-0.05, 0) is 6.07 Å². The first-order valence-corrected chi connectivity index (χ1v) is 4.10. The molecule has 0 aliphatic rings. The van der Waals surface area contributed by atoms with Crippen LogP contribution in [0.25, 0.3) is 0 Å². The molecule has 0 aliphatic heterocycles. The van der Waals surface area contributed by atoms with E-state index in [0.717, 1.165) is 5.69 Å². The Labute approximate surface area is 71.8 Å². The number of aromatic nitrogens is 1. The standard InChI is InChI=1S/C9H14N2O/c1-7(2)10-6-8-4-3-5-9(12)11-8/h3-5,7,10H,6H2,1-2H3,(H,11,12). The first-order chi connectivity index (χ1) is 5.68. The van der Waals surface area contributed by atoms with E-state index in [0.29, 0.717) is 12.6 Å². The van der Waals surface area contributed by atoms with Crippen LogP contribution in [-0.2, 0) is 6.54 Å². The molecule has 0 bridgehead atoms. The van der Waals surface area contributed by atoms with E-state index >= 15 is 0 Å². The Morgan fingerprint density at radius 1 is 1.50 bits per heavy atom. The molecule has 3 nitrogen and oxygen atoms in total. The van der Waals surface area contributed by atoms with Crippen molar-refractivity contribution in [2.24, 2.45) is 0 Å². The Bertz CT molecular complexity index is 291. The lowest BCUT2D eigenvalue weighted by Crippen LogP contribution is -2.23. The van der Waals surface area contributed by atoms with E-state index in [1.54, 1.807) is 6.07 Å². The van der Waals surface area contributed by atoms with Crippen LogP contribution in [0.2, 0.25) is 0 Å². The molecule has 2 N–H and O–H groups in total. The maximum atomic E-state index is 10.9. The molecule has 0 atom stereocenters. The molecule has 0 spiro atoms. The van der Waals surface area contributed by atoms with Gasteiger partial charge in [-0.25, -0.2) is 0 Å². The van der Waals surface area contributed by atoms with E-state index in [-0.39, 0.29) is 5.56 Å². The van der Waals surface area contributed by atoms with E-state index in [1.807, 2.05) is 6.07 Å². The minimum absolute atomic E-state index is 0.0435. The van der Waals surface area contributed by atoms with Crippen LogP contribution in [0.1, 0.15) is 19.5 Å². The summed E-state index contributed by atoms with van der Waals surface area (Å²) in [4.78, 5) is 13.6. The van der Waals surface area contributed by atoms with E-state index in [4.69, 9.17) is 0 Å². The first kappa shape index (κ1) is 9.00. The van der Waals surface area contributed by atoms with Crippen molar-refractivity contribution in [2.45, 2.75) is 26.4 Å². The topological polar surface area (TPSA) is 44.9 Å². The van der Waals surface area contributed by atoms with Gasteiger partial charge in [0.05, 0.1) is 0 Å². The molecule has 0 aromatic carbocycles. The average molecular weight is 166 g/mol. The molecule has 1 heterocycles. The van der Waals surface area contributed by atoms with Gasteiger partial charge >= 0.3 is 0 Å². The predicted molar refractivity (Wildman–Crippen MR) is 49.0 cm³/mol. The SMILES string of the molecule is CC(C)NCc1cccc(=O)[nH]1. The van der Waals surface area contributed by atoms with Crippen LogP contribution >= 0.6 is 0 Å². The molecular formula is C9H14N2O. The zero-order valence-electron chi connectivity index (χ0n) is 7.42. The molecule has 0 radical (unpaired) electrons. The van der Waals surface area contributed by atoms with Gasteiger partial charge in [-0.1, -0.05) is 19.9 Å². The van der Waals surface area contributed by atoms with Crippen molar-refractivity contribution in [3.8, 4) is 0 Å². The molecule has 1 rings (SSSR count). The van der Waals surface area contributed by atoms with Crippen molar-refractivity contribution in [1.29, 1.82) is 0 Å². The summed E-state index contributed by atoms with van der Waals surface area (Å²) in [5.74, 6) is 0. The number of nitrogens with one attached hydrogen (secondary N) is 2. The maximum absolute atomic E-state index is 10.9. The molecule has 0 saturated heterocycles. The fourth-order valence-corrected chi connectivity index (χ4v) is 0.910. The largest absolute Gasteiger partial charge is 0.325 e. The summed E-state index contributed by atoms with van der Waals surface area (Å²) < 4.78 is 0. The highest BCUT2D eigenvalue weighted by Crippen LogP contribution is 1.89. The van der Waals surface area contributed by atoms with Crippen molar-refractivity contribution < 1.29 is 0 Å². The van der Waals surface area contributed by atoms with E-state index < -0.39 is 0 Å². The smallest absolute Gasteiger partial charge is 0.248 e. The van der Waals surface area contributed by atoms with Crippen LogP contribution in [0.5, 0.6) is 0 Å². The molecule has 1 aromatic rings. The number of hydrogen-bond acceptors (Lipinski definition) is 2. The summed E-state index contributed by atoms with van der Waals surface area (Å²) >= 11 is 0. The molecule has 3 heteroatoms. The molecule has 1 aromatic heterocycles. The quantitative estimate of drug-likeness (QED) is 0.700. The van der Waals surface area contributed by atoms with Crippen LogP contribution in [0, 0.1) is 0 Å². The Kier molecular flexibility index (Phi) is 3.05. The maximum Gasteiger partial charge on any atom is 0.248 e. The zero-order chi connectivity index (χ0) is 8.97. The third kappa shape index (κ3) is 2.88. The Balaban J connectivity index is 2.58. The Morgan fingerprint density at radius 2 is 2.25 bits per heavy atom. The lowest BCUT2D eigenvalue weighted by molar-refractivity contribution is 0.581. The highest BCUT2D eigenvalue weighted by atomic mass is 16.1. The highest BCUT2D eigenvalue weighted by molar-refractivity contribution is 5.03. The van der Waals surface area contributed by atoms with Crippen LogP contribution in [-0.4, -0.2) is 11.0 Å². The van der Waals surface area contributed by atoms with E-state index in [2.05, 4.69) is 24.1 Å². The number of aromatic amines is 1. The predicted octanol–water partition coefficient (Wildman–Crippen LogP) is 0.873. The summed E-state index contributed by atoms with van der Waals surface area (Å²) in [7, 11) is 0. The lowest BCUT2D eigenvalue weighted by atomic mass is 10.3. The normalized spacial score (nSPS) is 10.6. The fourth-order valence-electron chi connectivity index (χ4n) is 0.910. The van der Waals surface area contributed by atoms with Crippen LogP contribution < -0.4 is 10.9 Å². The summed E-state index contributed by atoms with van der Waals surface area (Å²) in [5.41, 5.74) is 0.884. The molecule has 12 heavy (non-hydrogen) atoms. The Morgan fingerprint density at radius 3 is 2.83 bits per heavy atom. The molecule has 0 amide bonds. The van der Waals surface area contributed by atoms with Crippen molar-refractivity contribution in [3.05, 3.63) is 34.2 Å². The number of rotatable bonds is 3. The summed E-state index contributed by atoms with van der Waals surface area (Å²) in [6.45, 7) is 4.86. The number of hydrogen-bond donors (Lipinski definition) is 2. The van der Waals surface area contributed by atoms with Crippen molar-refractivity contribution in [1.82, 2.24) is 10.3 Å². The van der Waals surface area contributed by atoms with Gasteiger partial charge in [-0.15, -0.1) is 0 Å². The van der Waals surface area contributed by atoms with Gasteiger partial charge < -0.3 is 10.3 Å². The molecule has 66 valence electrons. The van der Waals surface area contributed by atoms with Crippen molar-refractivity contribution in [2.75, 3.05) is 0 Å². The van der Waals surface area contributed by atoms with E-state index in [1.165, 1.54) is 6.07 Å². The Hall–Kier alpha value is -1.09. The van der Waals surface area contributed by atoms with Crippen LogP contribution in [0.3, 0.4) is 0 Å². The second kappa shape index (κ2) is 4.07. The van der Waals surface area contributed by atoms with Crippen LogP contribution in [0.4, 0.5) is 0 Å². The average Bonchev–Trinajstić information content (AvgIpc) is 2.01. The number of H-pyrrole nitrogens is 1. The minimum atomic E-state index is -0.0435. The van der Waals surface area contributed by atoms with Gasteiger partial charge in [0.1, 0.15) is 0 Å². The molecule has 0 unspecified atom stereocenters. The second-order valence-electron chi connectivity index (χ2n) is 3.08.